The Labute approximate surface area is 499 Å². The molecule has 2 amide bonds. The summed E-state index contributed by atoms with van der Waals surface area (Å²) in [5, 5.41) is 117. The van der Waals surface area contributed by atoms with Crippen LogP contribution in [0.5, 0.6) is 34.5 Å². The molecule has 1 aliphatic carbocycles. The number of aliphatic carboxylic acids is 4. The summed E-state index contributed by atoms with van der Waals surface area (Å²) in [7, 11) is 0. The Bertz CT molecular complexity index is 4260. The van der Waals surface area contributed by atoms with Gasteiger partial charge in [-0.25, -0.2) is 15.0 Å². The van der Waals surface area contributed by atoms with Gasteiger partial charge in [0.2, 0.25) is 11.2 Å². The van der Waals surface area contributed by atoms with Crippen LogP contribution in [0, 0.1) is 11.8 Å². The molecule has 5 aromatic rings. The van der Waals surface area contributed by atoms with Crippen molar-refractivity contribution in [2.75, 3.05) is 0 Å². The number of carbonyl (C=O) groups excluding carboxylic acids is 4. The van der Waals surface area contributed by atoms with Crippen LogP contribution in [0.25, 0.3) is 22.3 Å². The van der Waals surface area contributed by atoms with E-state index in [1.807, 2.05) is 0 Å². The molecular formula is C60H49N9O20. The molecule has 2 atom stereocenters. The standard InChI is InChI=1S/C60H49N9O20/c70-38(22-31(57(85)86)13-19-42(74)75)29-9-3-26(4-10-29)1-2-28-8-17-36-35(21-28)55(83)64-59(62-36)69-67-47-51(81)46(49(79)44-50(80)52(82)53(89-54(44)47)33-24-40(72)48(78)41(73)25-33)66-68-60-63-37-18-16-34(61-45(37)56(84)65-60)15-7-27-5-11-30(12-6-27)39(71)23-32(58(87)88)14-20-43(76)77/h3-6,8-12,16,21,24-25,31-32,72-73,78-79,81-82H,1-2,7,13-15,17-20,22-23H2,(H,74,75)(H,76,77)(H,85,86)(H,87,88). The lowest BCUT2D eigenvalue weighted by Gasteiger charge is -2.17. The van der Waals surface area contributed by atoms with Gasteiger partial charge in [0.15, 0.2) is 68.7 Å². The average molecular weight is 1220 g/mol. The highest BCUT2D eigenvalue weighted by atomic mass is 16.4. The molecule has 1 aromatic heterocycles. The Kier molecular flexibility index (Phi) is 18.2. The number of carboxylic acid groups (broad SMARTS) is 4. The van der Waals surface area contributed by atoms with E-state index in [0.29, 0.717) is 31.4 Å². The van der Waals surface area contributed by atoms with Crippen molar-refractivity contribution in [2.24, 2.45) is 57.3 Å². The van der Waals surface area contributed by atoms with Crippen molar-refractivity contribution < 1.29 is 93.8 Å². The van der Waals surface area contributed by atoms with E-state index in [1.165, 1.54) is 12.1 Å². The van der Waals surface area contributed by atoms with Crippen LogP contribution in [0.3, 0.4) is 0 Å². The third-order valence-corrected chi connectivity index (χ3v) is 14.5. The molecule has 0 radical (unpaired) electrons. The average Bonchev–Trinajstić information content (AvgIpc) is 0.818. The van der Waals surface area contributed by atoms with Crippen molar-refractivity contribution in [3.05, 3.63) is 128 Å². The first-order valence-corrected chi connectivity index (χ1v) is 27.0. The molecule has 3 aliphatic heterocycles. The maximum atomic E-state index is 14.0. The van der Waals surface area contributed by atoms with Crippen molar-refractivity contribution in [1.29, 1.82) is 0 Å². The number of azo groups is 2. The van der Waals surface area contributed by atoms with Crippen LogP contribution in [0.15, 0.2) is 150 Å². The van der Waals surface area contributed by atoms with E-state index >= 15 is 0 Å². The summed E-state index contributed by atoms with van der Waals surface area (Å²) in [5.41, 5.74) is -0.802. The third-order valence-electron chi connectivity index (χ3n) is 14.5. The van der Waals surface area contributed by atoms with E-state index in [1.54, 1.807) is 54.6 Å². The van der Waals surface area contributed by atoms with Crippen molar-refractivity contribution in [1.82, 2.24) is 0 Å². The van der Waals surface area contributed by atoms with E-state index in [2.05, 4.69) is 45.4 Å². The molecule has 4 aromatic carbocycles. The summed E-state index contributed by atoms with van der Waals surface area (Å²) in [6.07, 6.45) is 4.85. The molecule has 454 valence electrons. The van der Waals surface area contributed by atoms with Crippen molar-refractivity contribution in [3.8, 4) is 45.8 Å². The summed E-state index contributed by atoms with van der Waals surface area (Å²) >= 11 is 0. The van der Waals surface area contributed by atoms with Gasteiger partial charge in [-0.2, -0.15) is 9.98 Å². The molecule has 4 heterocycles. The van der Waals surface area contributed by atoms with Crippen LogP contribution >= 0.6 is 0 Å². The SMILES string of the molecule is O=C(O)CCC(CC(=O)c1ccc(CCC2=CCC3=NC(N=Nc4c(O)c(N=NC5=NC(=O)C6=NC(CCc7ccc(C(=O)CC(CCC(=O)O)C(=O)O)cc7)=CCC6=N5)c(O)c5c(=O)c(O)c(-c6cc(O)c(O)c(O)c6)oc45)=NC(=O)C3=C2)cc1)C(=O)O. The van der Waals surface area contributed by atoms with Gasteiger partial charge in [-0.15, -0.1) is 20.5 Å². The summed E-state index contributed by atoms with van der Waals surface area (Å²) in [5.74, 6) is -18.1. The maximum absolute atomic E-state index is 14.0. The smallest absolute Gasteiger partial charge is 0.306 e. The topological polar surface area (TPSA) is 480 Å². The number of guanidine groups is 2. The van der Waals surface area contributed by atoms with Gasteiger partial charge in [0.25, 0.3) is 17.8 Å². The Morgan fingerprint density at radius 3 is 1.61 bits per heavy atom. The monoisotopic (exact) mass is 1220 g/mol. The minimum Gasteiger partial charge on any atom is -0.505 e. The number of benzene rings is 4. The minimum atomic E-state index is -1.41. The molecule has 10 N–H and O–H groups in total. The number of hydrogen-bond donors (Lipinski definition) is 10. The molecule has 0 fully saturated rings. The number of carbonyl (C=O) groups is 8. The first-order valence-electron chi connectivity index (χ1n) is 27.0. The number of phenolic OH excluding ortho intramolecular Hbond substituents is 5. The first-order chi connectivity index (χ1) is 42.4. The number of fused-ring (bicyclic) bond motifs is 3. The fraction of sp³-hybridized carbons (Fsp3) is 0.233. The number of nitrogens with zero attached hydrogens (tertiary/aromatic N) is 9. The lowest BCUT2D eigenvalue weighted by molar-refractivity contribution is -0.144. The second-order valence-corrected chi connectivity index (χ2v) is 20.5. The van der Waals surface area contributed by atoms with Crippen LogP contribution in [0.4, 0.5) is 11.4 Å². The van der Waals surface area contributed by atoms with Crippen LogP contribution < -0.4 is 5.43 Å². The van der Waals surface area contributed by atoms with Crippen molar-refractivity contribution >= 4 is 98.7 Å². The number of amides is 2. The fourth-order valence-electron chi connectivity index (χ4n) is 9.65. The number of aryl methyl sites for hydroxylation is 2. The molecule has 0 spiro atoms. The summed E-state index contributed by atoms with van der Waals surface area (Å²) < 4.78 is 5.82. The Balaban J connectivity index is 0.922. The molecule has 9 rings (SSSR count). The molecule has 0 bridgehead atoms. The van der Waals surface area contributed by atoms with Gasteiger partial charge < -0.3 is 55.5 Å². The number of aromatic hydroxyl groups is 6. The summed E-state index contributed by atoms with van der Waals surface area (Å²) in [6, 6.07) is 14.5. The largest absolute Gasteiger partial charge is 0.505 e. The van der Waals surface area contributed by atoms with Crippen molar-refractivity contribution in [3.63, 3.8) is 0 Å². The maximum Gasteiger partial charge on any atom is 0.306 e. The van der Waals surface area contributed by atoms with Crippen LogP contribution in [0.2, 0.25) is 0 Å². The number of phenols is 5. The summed E-state index contributed by atoms with van der Waals surface area (Å²) in [6.45, 7) is 0. The first kappa shape index (κ1) is 61.8. The highest BCUT2D eigenvalue weighted by Crippen LogP contribution is 2.51. The molecule has 0 saturated carbocycles. The molecule has 0 saturated heterocycles. The predicted molar refractivity (Wildman–Crippen MR) is 311 cm³/mol. The number of carboxylic acids is 4. The predicted octanol–water partition coefficient (Wildman–Crippen LogP) is 8.06. The third kappa shape index (κ3) is 14.2. The second kappa shape index (κ2) is 26.2. The lowest BCUT2D eigenvalue weighted by Crippen LogP contribution is -2.30. The van der Waals surface area contributed by atoms with Crippen molar-refractivity contribution in [2.45, 2.75) is 77.0 Å². The number of aliphatic imine (C=N–C) groups is 5. The van der Waals surface area contributed by atoms with E-state index in [9.17, 15) is 84.0 Å². The van der Waals surface area contributed by atoms with Gasteiger partial charge >= 0.3 is 29.8 Å². The van der Waals surface area contributed by atoms with Crippen LogP contribution in [-0.2, 0) is 41.6 Å². The summed E-state index contributed by atoms with van der Waals surface area (Å²) in [4.78, 5) is 132. The molecule has 4 aliphatic rings. The molecule has 29 nitrogen and oxygen atoms in total. The highest BCUT2D eigenvalue weighted by Gasteiger charge is 2.32. The Hall–Kier alpha value is -11.8. The fourth-order valence-corrected chi connectivity index (χ4v) is 9.65. The van der Waals surface area contributed by atoms with Crippen LogP contribution in [-0.4, -0.2) is 127 Å². The zero-order valence-corrected chi connectivity index (χ0v) is 46.2. The number of rotatable bonds is 23. The van der Waals surface area contributed by atoms with Gasteiger partial charge in [0.1, 0.15) is 5.39 Å². The number of allylic oxidation sites excluding steroid dienone is 5. The number of Topliss-reactive ketones (excluding diaryl/α,β-unsaturated/α-hetero) is 2. The molecule has 29 heteroatoms. The van der Waals surface area contributed by atoms with Crippen LogP contribution in [0.1, 0.15) is 96.1 Å². The van der Waals surface area contributed by atoms with Gasteiger partial charge in [-0.05, 0) is 67.9 Å². The lowest BCUT2D eigenvalue weighted by atomic mass is 9.92. The zero-order chi connectivity index (χ0) is 64.0. The molecule has 89 heavy (non-hydrogen) atoms. The zero-order valence-electron chi connectivity index (χ0n) is 46.2. The van der Waals surface area contributed by atoms with E-state index in [-0.39, 0.29) is 72.4 Å². The van der Waals surface area contributed by atoms with E-state index in [4.69, 9.17) is 14.6 Å². The van der Waals surface area contributed by atoms with E-state index in [0.717, 1.165) is 28.8 Å². The second-order valence-electron chi connectivity index (χ2n) is 20.5. The highest BCUT2D eigenvalue weighted by molar-refractivity contribution is 6.70. The van der Waals surface area contributed by atoms with Gasteiger partial charge in [0, 0.05) is 60.9 Å². The molecular weight excluding hydrogens is 1170 g/mol. The Morgan fingerprint density at radius 1 is 0.539 bits per heavy atom. The Morgan fingerprint density at radius 2 is 1.06 bits per heavy atom. The van der Waals surface area contributed by atoms with Gasteiger partial charge in [-0.3, -0.25) is 43.2 Å². The minimum absolute atomic E-state index is 0.0551. The quantitative estimate of drug-likeness (QED) is 0.0168. The molecule has 2 unspecified atom stereocenters. The normalized spacial score (nSPS) is 15.4. The van der Waals surface area contributed by atoms with E-state index < -0.39 is 157 Å². The number of hydrogen-bond acceptors (Lipinski definition) is 23. The van der Waals surface area contributed by atoms with Gasteiger partial charge in [0.05, 0.1) is 28.8 Å². The van der Waals surface area contributed by atoms with Gasteiger partial charge in [-0.1, -0.05) is 66.3 Å². The number of ketones is 2.